The Morgan fingerprint density at radius 1 is 1.19 bits per heavy atom. The van der Waals surface area contributed by atoms with Gasteiger partial charge < -0.3 is 0 Å². The summed E-state index contributed by atoms with van der Waals surface area (Å²) >= 11 is 11.9. The predicted molar refractivity (Wildman–Crippen MR) is 80.3 cm³/mol. The molecule has 21 heavy (non-hydrogen) atoms. The monoisotopic (exact) mass is 326 g/mol. The van der Waals surface area contributed by atoms with Crippen LogP contribution in [0.3, 0.4) is 0 Å². The first-order valence-electron chi connectivity index (χ1n) is 6.25. The molecule has 0 radical (unpaired) electrons. The largest absolute Gasteiger partial charge is 0.295 e. The molecular weight excluding hydrogens is 317 g/mol. The van der Waals surface area contributed by atoms with Crippen molar-refractivity contribution in [1.29, 1.82) is 0 Å². The quantitative estimate of drug-likeness (QED) is 0.587. The molecule has 0 N–H and O–H groups in total. The van der Waals surface area contributed by atoms with Crippen LogP contribution in [0.15, 0.2) is 36.4 Å². The molecule has 3 aromatic rings. The van der Waals surface area contributed by atoms with Crippen LogP contribution in [0, 0.1) is 11.6 Å². The summed E-state index contributed by atoms with van der Waals surface area (Å²) in [5, 5.41) is -0.442. The Hall–Kier alpha value is -1.65. The van der Waals surface area contributed by atoms with Crippen LogP contribution >= 0.6 is 23.2 Å². The third kappa shape index (κ3) is 2.49. The van der Waals surface area contributed by atoms with E-state index in [0.717, 1.165) is 0 Å². The lowest BCUT2D eigenvalue weighted by atomic mass is 10.2. The second kappa shape index (κ2) is 5.28. The van der Waals surface area contributed by atoms with Crippen molar-refractivity contribution in [3.8, 4) is 5.69 Å². The molecule has 0 amide bonds. The summed E-state index contributed by atoms with van der Waals surface area (Å²) in [6, 6.07) is 8.67. The Morgan fingerprint density at radius 3 is 2.62 bits per heavy atom. The Bertz CT molecular complexity index is 828. The molecule has 0 fully saturated rings. The third-order valence-electron chi connectivity index (χ3n) is 3.14. The van der Waals surface area contributed by atoms with Crippen molar-refractivity contribution < 1.29 is 8.78 Å². The number of fused-ring (bicyclic) bond motifs is 1. The summed E-state index contributed by atoms with van der Waals surface area (Å²) in [6.07, 6.45) is 0. The van der Waals surface area contributed by atoms with Gasteiger partial charge in [-0.3, -0.25) is 4.57 Å². The molecule has 1 aromatic heterocycles. The molecule has 1 heterocycles. The zero-order valence-electron chi connectivity index (χ0n) is 10.9. The number of nitrogens with zero attached hydrogens (tertiary/aromatic N) is 2. The Morgan fingerprint density at radius 2 is 1.95 bits per heavy atom. The molecule has 0 aliphatic rings. The van der Waals surface area contributed by atoms with Crippen molar-refractivity contribution in [2.75, 3.05) is 0 Å². The van der Waals surface area contributed by atoms with Gasteiger partial charge in [-0.05, 0) is 31.2 Å². The lowest BCUT2D eigenvalue weighted by molar-refractivity contribution is 0.626. The lowest BCUT2D eigenvalue weighted by Gasteiger charge is -2.10. The van der Waals surface area contributed by atoms with E-state index in [2.05, 4.69) is 4.98 Å². The van der Waals surface area contributed by atoms with Crippen LogP contribution in [0.5, 0.6) is 0 Å². The zero-order valence-corrected chi connectivity index (χ0v) is 12.5. The highest BCUT2D eigenvalue weighted by molar-refractivity contribution is 6.31. The molecule has 0 aliphatic carbocycles. The fraction of sp³-hybridized carbons (Fsp3) is 0.133. The number of alkyl halides is 1. The van der Waals surface area contributed by atoms with Crippen LogP contribution in [0.25, 0.3) is 16.7 Å². The summed E-state index contributed by atoms with van der Waals surface area (Å²) in [7, 11) is 0. The molecule has 0 saturated carbocycles. The van der Waals surface area contributed by atoms with E-state index in [1.54, 1.807) is 23.6 Å². The number of aromatic nitrogens is 2. The van der Waals surface area contributed by atoms with Gasteiger partial charge in [-0.25, -0.2) is 13.8 Å². The van der Waals surface area contributed by atoms with E-state index in [4.69, 9.17) is 23.2 Å². The van der Waals surface area contributed by atoms with E-state index in [0.29, 0.717) is 22.5 Å². The minimum Gasteiger partial charge on any atom is -0.295 e. The van der Waals surface area contributed by atoms with Crippen molar-refractivity contribution in [2.24, 2.45) is 0 Å². The summed E-state index contributed by atoms with van der Waals surface area (Å²) < 4.78 is 28.9. The van der Waals surface area contributed by atoms with Gasteiger partial charge in [0.15, 0.2) is 0 Å². The maximum Gasteiger partial charge on any atom is 0.144 e. The smallest absolute Gasteiger partial charge is 0.144 e. The SMILES string of the molecule is CC(Cl)c1nc2cc(Cl)c(F)cc2n1-c1cccc(F)c1. The number of halogens is 4. The molecule has 1 unspecified atom stereocenters. The van der Waals surface area contributed by atoms with Crippen LogP contribution in [0.1, 0.15) is 18.1 Å². The number of hydrogen-bond donors (Lipinski definition) is 0. The maximum absolute atomic E-state index is 13.8. The van der Waals surface area contributed by atoms with Crippen LogP contribution in [0.4, 0.5) is 8.78 Å². The molecule has 0 bridgehead atoms. The van der Waals surface area contributed by atoms with Crippen molar-refractivity contribution in [2.45, 2.75) is 12.3 Å². The van der Waals surface area contributed by atoms with E-state index in [1.165, 1.54) is 24.3 Å². The Balaban J connectivity index is 2.38. The first-order chi connectivity index (χ1) is 9.97. The highest BCUT2D eigenvalue weighted by Gasteiger charge is 2.18. The van der Waals surface area contributed by atoms with Gasteiger partial charge in [-0.1, -0.05) is 17.7 Å². The van der Waals surface area contributed by atoms with Crippen molar-refractivity contribution in [3.05, 3.63) is 58.9 Å². The van der Waals surface area contributed by atoms with E-state index in [1.807, 2.05) is 0 Å². The van der Waals surface area contributed by atoms with Crippen LogP contribution in [0.2, 0.25) is 5.02 Å². The fourth-order valence-electron chi connectivity index (χ4n) is 2.24. The molecule has 6 heteroatoms. The van der Waals surface area contributed by atoms with Crippen LogP contribution < -0.4 is 0 Å². The molecule has 2 nitrogen and oxygen atoms in total. The topological polar surface area (TPSA) is 17.8 Å². The van der Waals surface area contributed by atoms with Gasteiger partial charge in [0, 0.05) is 6.07 Å². The fourth-order valence-corrected chi connectivity index (χ4v) is 2.55. The highest BCUT2D eigenvalue weighted by atomic mass is 35.5. The van der Waals surface area contributed by atoms with Gasteiger partial charge in [-0.15, -0.1) is 11.6 Å². The molecule has 1 atom stereocenters. The third-order valence-corrected chi connectivity index (χ3v) is 3.63. The number of rotatable bonds is 2. The summed E-state index contributed by atoms with van der Waals surface area (Å²) in [5.41, 5.74) is 1.53. The number of benzene rings is 2. The molecule has 0 aliphatic heterocycles. The van der Waals surface area contributed by atoms with Crippen LogP contribution in [-0.4, -0.2) is 9.55 Å². The molecular formula is C15H10Cl2F2N2. The van der Waals surface area contributed by atoms with Gasteiger partial charge in [0.1, 0.15) is 17.5 Å². The summed E-state index contributed by atoms with van der Waals surface area (Å²) in [6.45, 7) is 1.75. The first-order valence-corrected chi connectivity index (χ1v) is 7.06. The van der Waals surface area contributed by atoms with Crippen LogP contribution in [-0.2, 0) is 0 Å². The van der Waals surface area contributed by atoms with Gasteiger partial charge >= 0.3 is 0 Å². The first kappa shape index (κ1) is 14.3. The Kier molecular flexibility index (Phi) is 3.59. The average molecular weight is 327 g/mol. The van der Waals surface area contributed by atoms with Crippen molar-refractivity contribution in [1.82, 2.24) is 9.55 Å². The maximum atomic E-state index is 13.8. The predicted octanol–water partition coefficient (Wildman–Crippen LogP) is 5.26. The summed E-state index contributed by atoms with van der Waals surface area (Å²) in [4.78, 5) is 4.38. The standard InChI is InChI=1S/C15H10Cl2F2N2/c1-8(16)15-20-13-6-11(17)12(19)7-14(13)21(15)10-4-2-3-9(18)5-10/h2-8H,1H3. The van der Waals surface area contributed by atoms with E-state index in [-0.39, 0.29) is 5.02 Å². The molecule has 108 valence electrons. The van der Waals surface area contributed by atoms with Gasteiger partial charge in [0.05, 0.1) is 27.1 Å². The van der Waals surface area contributed by atoms with E-state index in [9.17, 15) is 8.78 Å². The van der Waals surface area contributed by atoms with Crippen molar-refractivity contribution in [3.63, 3.8) is 0 Å². The van der Waals surface area contributed by atoms with E-state index < -0.39 is 17.0 Å². The molecule has 0 spiro atoms. The number of imidazole rings is 1. The minimum atomic E-state index is -0.560. The normalized spacial score (nSPS) is 12.8. The second-order valence-corrected chi connectivity index (χ2v) is 5.72. The molecule has 0 saturated heterocycles. The van der Waals surface area contributed by atoms with E-state index >= 15 is 0 Å². The zero-order chi connectivity index (χ0) is 15.1. The highest BCUT2D eigenvalue weighted by Crippen LogP contribution is 2.31. The summed E-state index contributed by atoms with van der Waals surface area (Å²) in [5.74, 6) is -0.452. The second-order valence-electron chi connectivity index (χ2n) is 4.66. The molecule has 3 rings (SSSR count). The minimum absolute atomic E-state index is 0.0137. The van der Waals surface area contributed by atoms with Crippen molar-refractivity contribution >= 4 is 34.2 Å². The number of hydrogen-bond acceptors (Lipinski definition) is 1. The average Bonchev–Trinajstić information content (AvgIpc) is 2.78. The van der Waals surface area contributed by atoms with Gasteiger partial charge in [0.25, 0.3) is 0 Å². The van der Waals surface area contributed by atoms with Gasteiger partial charge in [0.2, 0.25) is 0 Å². The lowest BCUT2D eigenvalue weighted by Crippen LogP contribution is -2.02. The Labute approximate surface area is 129 Å². The molecule has 2 aromatic carbocycles. The van der Waals surface area contributed by atoms with Gasteiger partial charge in [-0.2, -0.15) is 0 Å².